The quantitative estimate of drug-likeness (QED) is 0.201. The van der Waals surface area contributed by atoms with E-state index in [0.29, 0.717) is 22.5 Å². The zero-order valence-corrected chi connectivity index (χ0v) is 27.2. The van der Waals surface area contributed by atoms with Crippen LogP contribution in [-0.4, -0.2) is 23.6 Å². The minimum atomic E-state index is -1.07. The Morgan fingerprint density at radius 2 is 0.783 bits per heavy atom. The third-order valence-electron chi connectivity index (χ3n) is 9.14. The molecule has 0 saturated carbocycles. The molecule has 4 amide bonds. The van der Waals surface area contributed by atoms with Crippen LogP contribution in [0.2, 0.25) is 0 Å². The summed E-state index contributed by atoms with van der Waals surface area (Å²) in [6.45, 7) is 15.4. The molecule has 6 nitrogen and oxygen atoms in total. The van der Waals surface area contributed by atoms with Gasteiger partial charge in [-0.1, -0.05) is 91.8 Å². The van der Waals surface area contributed by atoms with E-state index < -0.39 is 46.4 Å². The summed E-state index contributed by atoms with van der Waals surface area (Å²) in [5.74, 6) is -6.08. The molecule has 4 aromatic rings. The van der Waals surface area contributed by atoms with Crippen molar-refractivity contribution in [3.8, 4) is 0 Å². The van der Waals surface area contributed by atoms with Crippen LogP contribution in [0.1, 0.15) is 143 Å². The highest BCUT2D eigenvalue weighted by molar-refractivity contribution is 6.42. The van der Waals surface area contributed by atoms with Gasteiger partial charge >= 0.3 is 0 Å². The maximum Gasteiger partial charge on any atom is 0.268 e. The monoisotopic (exact) mass is 622 g/mol. The van der Waals surface area contributed by atoms with Gasteiger partial charge in [0.05, 0.1) is 33.6 Å². The molecule has 0 spiro atoms. The second kappa shape index (κ2) is 11.0. The van der Waals surface area contributed by atoms with Gasteiger partial charge in [0, 0.05) is 10.8 Å². The molecule has 236 valence electrons. The fraction of sp³-hybridized carbons (Fsp3) is 0.316. The third kappa shape index (κ3) is 4.33. The van der Waals surface area contributed by atoms with Crippen molar-refractivity contribution >= 4 is 45.8 Å². The maximum atomic E-state index is 16.3. The Balaban J connectivity index is 1.65. The summed E-state index contributed by atoms with van der Waals surface area (Å²) in [6, 6.07) is 12.8. The van der Waals surface area contributed by atoms with E-state index in [1.165, 1.54) is 0 Å². The number of anilines is 2. The average Bonchev–Trinajstić information content (AvgIpc) is 2.98. The SMILES string of the molecule is CC(C)c1cccc(C(C)C)c1N1C(=O)c2cc(F)c3c4c(c(F)cc(c24)C1=O)C(=O)N(c1c(C(C)C)cccc1C(C)C)C3=O. The van der Waals surface area contributed by atoms with Gasteiger partial charge in [0.2, 0.25) is 0 Å². The van der Waals surface area contributed by atoms with Crippen molar-refractivity contribution < 1.29 is 28.0 Å². The van der Waals surface area contributed by atoms with E-state index in [1.807, 2.05) is 79.7 Å². The summed E-state index contributed by atoms with van der Waals surface area (Å²) in [5.41, 5.74) is 1.99. The lowest BCUT2D eigenvalue weighted by molar-refractivity contribution is 0.0868. The minimum absolute atomic E-state index is 0.0785. The van der Waals surface area contributed by atoms with Crippen LogP contribution in [-0.2, 0) is 0 Å². The first-order valence-corrected chi connectivity index (χ1v) is 15.7. The Hall–Kier alpha value is -4.72. The standard InChI is InChI=1S/C38H36F2N2O4/c1-17(2)21-11-9-12-22(18(3)4)33(21)41-35(43)25-15-27(39)30-32-29(25)26(36(41)44)16-28(40)31(32)38(46)42(37(30)45)34-23(19(5)6)13-10-14-24(34)20(7)8/h9-20H,1-8H3. The van der Waals surface area contributed by atoms with E-state index in [0.717, 1.165) is 33.1 Å². The van der Waals surface area contributed by atoms with Gasteiger partial charge in [-0.3, -0.25) is 19.2 Å². The summed E-state index contributed by atoms with van der Waals surface area (Å²) < 4.78 is 32.7. The van der Waals surface area contributed by atoms with Gasteiger partial charge in [-0.05, 0) is 58.1 Å². The first kappa shape index (κ1) is 31.3. The van der Waals surface area contributed by atoms with Gasteiger partial charge < -0.3 is 0 Å². The van der Waals surface area contributed by atoms with Crippen LogP contribution in [0.3, 0.4) is 0 Å². The van der Waals surface area contributed by atoms with Gasteiger partial charge in [-0.25, -0.2) is 18.6 Å². The molecule has 0 bridgehead atoms. The molecule has 2 aliphatic rings. The van der Waals surface area contributed by atoms with Crippen molar-refractivity contribution in [2.24, 2.45) is 0 Å². The van der Waals surface area contributed by atoms with Crippen molar-refractivity contribution in [3.05, 3.63) is 105 Å². The van der Waals surface area contributed by atoms with Crippen LogP contribution < -0.4 is 9.80 Å². The number of nitrogens with zero attached hydrogens (tertiary/aromatic N) is 2. The number of amides is 4. The lowest BCUT2D eigenvalue weighted by atomic mass is 9.83. The number of hydrogen-bond donors (Lipinski definition) is 0. The molecular weight excluding hydrogens is 586 g/mol. The van der Waals surface area contributed by atoms with Gasteiger partial charge in [0.25, 0.3) is 23.6 Å². The van der Waals surface area contributed by atoms with Crippen LogP contribution in [0, 0.1) is 11.6 Å². The summed E-state index contributed by atoms with van der Waals surface area (Å²) in [5, 5.41) is -0.429. The second-order valence-electron chi connectivity index (χ2n) is 13.4. The van der Waals surface area contributed by atoms with Gasteiger partial charge in [0.15, 0.2) is 0 Å². The van der Waals surface area contributed by atoms with Gasteiger partial charge in [0.1, 0.15) is 11.6 Å². The lowest BCUT2D eigenvalue weighted by Gasteiger charge is -2.35. The molecule has 2 heterocycles. The van der Waals surface area contributed by atoms with Crippen molar-refractivity contribution in [1.82, 2.24) is 0 Å². The summed E-state index contributed by atoms with van der Waals surface area (Å²) in [7, 11) is 0. The van der Waals surface area contributed by atoms with E-state index in [9.17, 15) is 19.2 Å². The number of halogens is 2. The Labute approximate surface area is 267 Å². The van der Waals surface area contributed by atoms with Crippen molar-refractivity contribution in [2.45, 2.75) is 79.1 Å². The molecule has 0 radical (unpaired) electrons. The van der Waals surface area contributed by atoms with E-state index in [-0.39, 0.29) is 45.6 Å². The summed E-state index contributed by atoms with van der Waals surface area (Å²) >= 11 is 0. The fourth-order valence-corrected chi connectivity index (χ4v) is 6.92. The van der Waals surface area contributed by atoms with E-state index >= 15 is 8.78 Å². The van der Waals surface area contributed by atoms with E-state index in [1.54, 1.807) is 12.1 Å². The predicted molar refractivity (Wildman–Crippen MR) is 175 cm³/mol. The molecule has 0 saturated heterocycles. The molecular formula is C38H36F2N2O4. The smallest absolute Gasteiger partial charge is 0.268 e. The molecule has 46 heavy (non-hydrogen) atoms. The topological polar surface area (TPSA) is 74.8 Å². The zero-order chi connectivity index (χ0) is 33.5. The van der Waals surface area contributed by atoms with Crippen molar-refractivity contribution in [1.29, 1.82) is 0 Å². The second-order valence-corrected chi connectivity index (χ2v) is 13.4. The molecule has 0 fully saturated rings. The van der Waals surface area contributed by atoms with Crippen LogP contribution in [0.25, 0.3) is 10.8 Å². The summed E-state index contributed by atoms with van der Waals surface area (Å²) in [6.07, 6.45) is 0. The zero-order valence-electron chi connectivity index (χ0n) is 27.2. The van der Waals surface area contributed by atoms with E-state index in [4.69, 9.17) is 0 Å². The first-order valence-electron chi connectivity index (χ1n) is 15.7. The molecule has 0 aliphatic carbocycles. The van der Waals surface area contributed by atoms with Crippen LogP contribution in [0.5, 0.6) is 0 Å². The highest BCUT2D eigenvalue weighted by atomic mass is 19.1. The number of hydrogen-bond acceptors (Lipinski definition) is 4. The molecule has 0 unspecified atom stereocenters. The summed E-state index contributed by atoms with van der Waals surface area (Å²) in [4.78, 5) is 59.0. The molecule has 4 aromatic carbocycles. The highest BCUT2D eigenvalue weighted by Gasteiger charge is 2.46. The number of para-hydroxylation sites is 2. The largest absolute Gasteiger partial charge is 0.268 e. The van der Waals surface area contributed by atoms with Crippen LogP contribution in [0.15, 0.2) is 48.5 Å². The lowest BCUT2D eigenvalue weighted by Crippen LogP contribution is -2.45. The Kier molecular flexibility index (Phi) is 7.45. The first-order chi connectivity index (χ1) is 21.7. The Morgan fingerprint density at radius 3 is 1.09 bits per heavy atom. The van der Waals surface area contributed by atoms with Gasteiger partial charge in [-0.2, -0.15) is 0 Å². The minimum Gasteiger partial charge on any atom is -0.268 e. The Morgan fingerprint density at radius 1 is 0.478 bits per heavy atom. The fourth-order valence-electron chi connectivity index (χ4n) is 6.92. The van der Waals surface area contributed by atoms with Crippen LogP contribution >= 0.6 is 0 Å². The Bertz CT molecular complexity index is 1900. The molecule has 8 heteroatoms. The normalized spacial score (nSPS) is 14.7. The molecule has 6 rings (SSSR count). The highest BCUT2D eigenvalue weighted by Crippen LogP contribution is 2.46. The average molecular weight is 623 g/mol. The molecule has 0 aromatic heterocycles. The number of benzene rings is 4. The van der Waals surface area contributed by atoms with Crippen molar-refractivity contribution in [2.75, 3.05) is 9.80 Å². The number of carbonyl (C=O) groups is 4. The van der Waals surface area contributed by atoms with Crippen molar-refractivity contribution in [3.63, 3.8) is 0 Å². The number of rotatable bonds is 6. The predicted octanol–water partition coefficient (Wildman–Crippen LogP) is 9.21. The number of imide groups is 2. The van der Waals surface area contributed by atoms with Crippen LogP contribution in [0.4, 0.5) is 20.2 Å². The van der Waals surface area contributed by atoms with Gasteiger partial charge in [-0.15, -0.1) is 0 Å². The van der Waals surface area contributed by atoms with E-state index in [2.05, 4.69) is 0 Å². The molecule has 2 aliphatic heterocycles. The number of carbonyl (C=O) groups excluding carboxylic acids is 4. The maximum absolute atomic E-state index is 16.3. The molecule has 0 atom stereocenters. The molecule has 0 N–H and O–H groups in total. The third-order valence-corrected chi connectivity index (χ3v) is 9.14.